The third-order valence-electron chi connectivity index (χ3n) is 4.25. The fourth-order valence-electron chi connectivity index (χ4n) is 3.01. The van der Waals surface area contributed by atoms with Crippen LogP contribution in [-0.2, 0) is 0 Å². The minimum atomic E-state index is 0.172. The number of alkyl halides is 2. The van der Waals surface area contributed by atoms with Gasteiger partial charge >= 0.3 is 0 Å². The summed E-state index contributed by atoms with van der Waals surface area (Å²) in [5.41, 5.74) is 1.27. The van der Waals surface area contributed by atoms with Gasteiger partial charge in [0.2, 0.25) is 0 Å². The summed E-state index contributed by atoms with van der Waals surface area (Å²) in [6, 6.07) is 19.6. The van der Waals surface area contributed by atoms with Gasteiger partial charge in [-0.3, -0.25) is 4.90 Å². The van der Waals surface area contributed by atoms with E-state index in [0.29, 0.717) is 11.8 Å². The molecule has 3 aromatic carbocycles. The van der Waals surface area contributed by atoms with Gasteiger partial charge in [-0.2, -0.15) is 0 Å². The second kappa shape index (κ2) is 6.87. The molecule has 1 atom stereocenters. The average molecular weight is 332 g/mol. The zero-order valence-electron chi connectivity index (χ0n) is 12.6. The standard InChI is InChI=1S/C19H19Cl2N/c1-22(10-9-20)19(13-21)17-8-4-7-16-11-14-5-2-3-6-15(14)12-18(16)17/h2-8,11-12,19H,9-10,13H2,1H3. The molecule has 3 rings (SSSR count). The molecular weight excluding hydrogens is 313 g/mol. The molecule has 3 heteroatoms. The largest absolute Gasteiger partial charge is 0.297 e. The molecule has 0 fully saturated rings. The van der Waals surface area contributed by atoms with E-state index in [0.717, 1.165) is 6.54 Å². The first-order valence-electron chi connectivity index (χ1n) is 7.48. The van der Waals surface area contributed by atoms with Crippen molar-refractivity contribution in [3.05, 3.63) is 60.2 Å². The minimum absolute atomic E-state index is 0.172. The van der Waals surface area contributed by atoms with Crippen LogP contribution in [0.3, 0.4) is 0 Å². The molecule has 22 heavy (non-hydrogen) atoms. The topological polar surface area (TPSA) is 3.24 Å². The van der Waals surface area contributed by atoms with E-state index in [2.05, 4.69) is 66.5 Å². The highest BCUT2D eigenvalue weighted by Gasteiger charge is 2.18. The van der Waals surface area contributed by atoms with E-state index in [1.165, 1.54) is 27.1 Å². The number of benzene rings is 3. The second-order valence-corrected chi connectivity index (χ2v) is 6.29. The number of fused-ring (bicyclic) bond motifs is 2. The van der Waals surface area contributed by atoms with Gasteiger partial charge in [0.15, 0.2) is 0 Å². The molecule has 0 saturated heterocycles. The summed E-state index contributed by atoms with van der Waals surface area (Å²) in [5.74, 6) is 1.16. The van der Waals surface area contributed by atoms with E-state index >= 15 is 0 Å². The summed E-state index contributed by atoms with van der Waals surface area (Å²) >= 11 is 12.2. The van der Waals surface area contributed by atoms with Crippen molar-refractivity contribution >= 4 is 44.7 Å². The fourth-order valence-corrected chi connectivity index (χ4v) is 3.68. The number of hydrogen-bond acceptors (Lipinski definition) is 1. The molecule has 0 spiro atoms. The van der Waals surface area contributed by atoms with Crippen molar-refractivity contribution < 1.29 is 0 Å². The van der Waals surface area contributed by atoms with Crippen molar-refractivity contribution in [2.75, 3.05) is 25.4 Å². The van der Waals surface area contributed by atoms with Gasteiger partial charge < -0.3 is 0 Å². The monoisotopic (exact) mass is 331 g/mol. The average Bonchev–Trinajstić information content (AvgIpc) is 2.54. The first-order chi connectivity index (χ1) is 10.7. The lowest BCUT2D eigenvalue weighted by Crippen LogP contribution is -2.27. The first-order valence-corrected chi connectivity index (χ1v) is 8.55. The van der Waals surface area contributed by atoms with Crippen molar-refractivity contribution in [1.82, 2.24) is 4.90 Å². The predicted molar refractivity (Wildman–Crippen MR) is 98.3 cm³/mol. The lowest BCUT2D eigenvalue weighted by Gasteiger charge is -2.27. The molecule has 1 unspecified atom stereocenters. The Morgan fingerprint density at radius 2 is 1.59 bits per heavy atom. The van der Waals surface area contributed by atoms with Gasteiger partial charge in [-0.25, -0.2) is 0 Å². The molecule has 0 aliphatic carbocycles. The van der Waals surface area contributed by atoms with Gasteiger partial charge in [0.25, 0.3) is 0 Å². The molecule has 0 aliphatic rings. The van der Waals surface area contributed by atoms with Crippen LogP contribution < -0.4 is 0 Å². The van der Waals surface area contributed by atoms with Crippen LogP contribution in [0.5, 0.6) is 0 Å². The van der Waals surface area contributed by atoms with Crippen LogP contribution in [0, 0.1) is 0 Å². The van der Waals surface area contributed by atoms with E-state index in [9.17, 15) is 0 Å². The Bertz CT molecular complexity index is 785. The second-order valence-electron chi connectivity index (χ2n) is 5.61. The molecule has 0 aliphatic heterocycles. The molecule has 0 saturated carbocycles. The highest BCUT2D eigenvalue weighted by atomic mass is 35.5. The quantitative estimate of drug-likeness (QED) is 0.444. The lowest BCUT2D eigenvalue weighted by molar-refractivity contribution is 0.282. The molecule has 114 valence electrons. The Morgan fingerprint density at radius 1 is 0.909 bits per heavy atom. The van der Waals surface area contributed by atoms with Crippen molar-refractivity contribution in [3.63, 3.8) is 0 Å². The molecule has 0 N–H and O–H groups in total. The number of nitrogens with zero attached hydrogens (tertiary/aromatic N) is 1. The highest BCUT2D eigenvalue weighted by Crippen LogP contribution is 2.31. The maximum absolute atomic E-state index is 6.27. The number of hydrogen-bond donors (Lipinski definition) is 0. The number of halogens is 2. The Hall–Kier alpha value is -1.28. The van der Waals surface area contributed by atoms with Gasteiger partial charge in [-0.1, -0.05) is 42.5 Å². The van der Waals surface area contributed by atoms with Crippen molar-refractivity contribution in [1.29, 1.82) is 0 Å². The molecule has 3 aromatic rings. The van der Waals surface area contributed by atoms with E-state index in [1.54, 1.807) is 0 Å². The summed E-state index contributed by atoms with van der Waals surface area (Å²) in [7, 11) is 2.08. The maximum atomic E-state index is 6.27. The summed E-state index contributed by atoms with van der Waals surface area (Å²) in [6.45, 7) is 0.822. The van der Waals surface area contributed by atoms with Gasteiger partial charge in [0.1, 0.15) is 0 Å². The van der Waals surface area contributed by atoms with Crippen molar-refractivity contribution in [2.45, 2.75) is 6.04 Å². The zero-order valence-corrected chi connectivity index (χ0v) is 14.1. The molecule has 1 nitrogen and oxygen atoms in total. The van der Waals surface area contributed by atoms with Gasteiger partial charge in [0.05, 0.1) is 0 Å². The van der Waals surface area contributed by atoms with Crippen molar-refractivity contribution in [2.24, 2.45) is 0 Å². The summed E-state index contributed by atoms with van der Waals surface area (Å²) in [4.78, 5) is 2.23. The van der Waals surface area contributed by atoms with Crippen LogP contribution in [0.1, 0.15) is 11.6 Å². The summed E-state index contributed by atoms with van der Waals surface area (Å²) in [5, 5.41) is 5.05. The smallest absolute Gasteiger partial charge is 0.0487 e. The van der Waals surface area contributed by atoms with Crippen LogP contribution in [0.15, 0.2) is 54.6 Å². The number of rotatable bonds is 5. The lowest BCUT2D eigenvalue weighted by atomic mass is 9.96. The fraction of sp³-hybridized carbons (Fsp3) is 0.263. The highest BCUT2D eigenvalue weighted by molar-refractivity contribution is 6.18. The van der Waals surface area contributed by atoms with Crippen LogP contribution >= 0.6 is 23.2 Å². The molecule has 0 radical (unpaired) electrons. The third kappa shape index (κ3) is 2.94. The van der Waals surface area contributed by atoms with Crippen LogP contribution in [0.4, 0.5) is 0 Å². The molecule has 0 amide bonds. The van der Waals surface area contributed by atoms with Crippen LogP contribution in [0.25, 0.3) is 21.5 Å². The van der Waals surface area contributed by atoms with E-state index in [4.69, 9.17) is 23.2 Å². The van der Waals surface area contributed by atoms with E-state index < -0.39 is 0 Å². The van der Waals surface area contributed by atoms with E-state index in [1.807, 2.05) is 0 Å². The molecule has 0 bridgehead atoms. The van der Waals surface area contributed by atoms with E-state index in [-0.39, 0.29) is 6.04 Å². The minimum Gasteiger partial charge on any atom is -0.297 e. The van der Waals surface area contributed by atoms with Gasteiger partial charge in [-0.15, -0.1) is 23.2 Å². The zero-order chi connectivity index (χ0) is 15.5. The Kier molecular flexibility index (Phi) is 4.87. The predicted octanol–water partition coefficient (Wildman–Crippen LogP) is 5.44. The molecule has 0 aromatic heterocycles. The third-order valence-corrected chi connectivity index (χ3v) is 4.72. The van der Waals surface area contributed by atoms with Gasteiger partial charge in [0, 0.05) is 24.3 Å². The molecular formula is C19H19Cl2N. The molecule has 0 heterocycles. The normalized spacial score (nSPS) is 13.1. The SMILES string of the molecule is CN(CCCl)C(CCl)c1cccc2cc3ccccc3cc12. The van der Waals surface area contributed by atoms with Crippen LogP contribution in [-0.4, -0.2) is 30.3 Å². The Balaban J connectivity index is 2.18. The summed E-state index contributed by atoms with van der Waals surface area (Å²) in [6.07, 6.45) is 0. The Morgan fingerprint density at radius 3 is 2.27 bits per heavy atom. The first kappa shape index (κ1) is 15.6. The van der Waals surface area contributed by atoms with Crippen molar-refractivity contribution in [3.8, 4) is 0 Å². The maximum Gasteiger partial charge on any atom is 0.0487 e. The summed E-state index contributed by atoms with van der Waals surface area (Å²) < 4.78 is 0. The Labute approximate surface area is 141 Å². The van der Waals surface area contributed by atoms with Gasteiger partial charge in [-0.05, 0) is 46.3 Å². The van der Waals surface area contributed by atoms with Crippen LogP contribution in [0.2, 0.25) is 0 Å².